The molecule has 3 aliphatic rings. The van der Waals surface area contributed by atoms with Crippen molar-refractivity contribution in [2.45, 2.75) is 30.3 Å². The molecular formula is C26H25FN6O4S. The van der Waals surface area contributed by atoms with Crippen LogP contribution in [0, 0.1) is 5.82 Å². The monoisotopic (exact) mass is 536 g/mol. The lowest BCUT2D eigenvalue weighted by molar-refractivity contribution is 0.0342. The predicted octanol–water partition coefficient (Wildman–Crippen LogP) is 2.59. The number of rotatable bonds is 4. The second-order valence-electron chi connectivity index (χ2n) is 9.66. The van der Waals surface area contributed by atoms with Gasteiger partial charge in [-0.05, 0) is 23.8 Å². The third kappa shape index (κ3) is 3.87. The van der Waals surface area contributed by atoms with Crippen LogP contribution in [0.15, 0.2) is 47.4 Å². The molecule has 0 atom stereocenters. The van der Waals surface area contributed by atoms with Crippen molar-refractivity contribution in [3.8, 4) is 28.5 Å². The van der Waals surface area contributed by atoms with E-state index in [0.717, 1.165) is 44.1 Å². The number of ether oxygens (including phenoxy) is 2. The first-order chi connectivity index (χ1) is 18.5. The van der Waals surface area contributed by atoms with E-state index in [0.29, 0.717) is 53.9 Å². The summed E-state index contributed by atoms with van der Waals surface area (Å²) in [5, 5.41) is 13.5. The fourth-order valence-electron chi connectivity index (χ4n) is 5.44. The summed E-state index contributed by atoms with van der Waals surface area (Å²) >= 11 is 0. The molecule has 4 aromatic rings. The molecule has 7 rings (SSSR count). The van der Waals surface area contributed by atoms with E-state index in [4.69, 9.17) is 14.6 Å². The first kappa shape index (κ1) is 23.7. The zero-order valence-corrected chi connectivity index (χ0v) is 21.3. The van der Waals surface area contributed by atoms with Crippen LogP contribution in [0.3, 0.4) is 0 Å². The van der Waals surface area contributed by atoms with E-state index >= 15 is 0 Å². The highest BCUT2D eigenvalue weighted by Gasteiger charge is 2.38. The van der Waals surface area contributed by atoms with E-state index in [1.807, 2.05) is 28.8 Å². The smallest absolute Gasteiger partial charge is 0.186 e. The number of sulfone groups is 1. The minimum absolute atomic E-state index is 0.291. The lowest BCUT2D eigenvalue weighted by Gasteiger charge is -2.26. The molecule has 0 amide bonds. The fourth-order valence-corrected chi connectivity index (χ4v) is 7.10. The maximum Gasteiger partial charge on any atom is 0.186 e. The van der Waals surface area contributed by atoms with Gasteiger partial charge in [0.05, 0.1) is 37.0 Å². The van der Waals surface area contributed by atoms with Crippen LogP contribution in [0.4, 0.5) is 4.39 Å². The molecule has 12 heteroatoms. The number of morpholine rings is 1. The lowest BCUT2D eigenvalue weighted by atomic mass is 10.0. The number of nitrogens with zero attached hydrogens (tertiary/aromatic N) is 6. The highest BCUT2D eigenvalue weighted by Crippen LogP contribution is 2.44. The normalized spacial score (nSPS) is 18.6. The molecule has 1 fully saturated rings. The number of halogens is 1. The summed E-state index contributed by atoms with van der Waals surface area (Å²) in [4.78, 5) is 2.05. The van der Waals surface area contributed by atoms with Crippen molar-refractivity contribution in [2.24, 2.45) is 0 Å². The molecule has 2 aromatic carbocycles. The summed E-state index contributed by atoms with van der Waals surface area (Å²) in [5.74, 6) is 0.00379. The van der Waals surface area contributed by atoms with Crippen LogP contribution >= 0.6 is 0 Å². The molecule has 10 nitrogen and oxygen atoms in total. The Hall–Kier alpha value is -3.45. The fraction of sp³-hybridized carbons (Fsp3) is 0.346. The van der Waals surface area contributed by atoms with Crippen molar-refractivity contribution >= 4 is 9.84 Å². The van der Waals surface area contributed by atoms with Gasteiger partial charge < -0.3 is 14.0 Å². The Labute approximate surface area is 218 Å². The number of hydrogen-bond acceptors (Lipinski definition) is 8. The van der Waals surface area contributed by atoms with Gasteiger partial charge in [0, 0.05) is 37.3 Å². The Kier molecular flexibility index (Phi) is 5.65. The number of hydrogen-bond donors (Lipinski definition) is 0. The van der Waals surface area contributed by atoms with Gasteiger partial charge in [0.1, 0.15) is 23.0 Å². The van der Waals surface area contributed by atoms with Crippen LogP contribution in [-0.4, -0.2) is 70.8 Å². The first-order valence-electron chi connectivity index (χ1n) is 12.5. The SMILES string of the molecule is O=S1(=O)Cc2c(-c3nnc4n3CCOC4)nn(-c3ccc(CN4CCOCC4)cc3)c2-c2cccc(F)c21. The summed E-state index contributed by atoms with van der Waals surface area (Å²) in [6.07, 6.45) is 0. The van der Waals surface area contributed by atoms with Crippen molar-refractivity contribution in [3.05, 3.63) is 65.2 Å². The van der Waals surface area contributed by atoms with E-state index in [9.17, 15) is 12.8 Å². The van der Waals surface area contributed by atoms with Crippen LogP contribution in [-0.2, 0) is 44.8 Å². The van der Waals surface area contributed by atoms with Crippen LogP contribution in [0.2, 0.25) is 0 Å². The largest absolute Gasteiger partial charge is 0.379 e. The average molecular weight is 537 g/mol. The highest BCUT2D eigenvalue weighted by atomic mass is 32.2. The topological polar surface area (TPSA) is 104 Å². The molecule has 1 saturated heterocycles. The highest BCUT2D eigenvalue weighted by molar-refractivity contribution is 7.91. The molecule has 0 N–H and O–H groups in total. The second-order valence-corrected chi connectivity index (χ2v) is 11.6. The van der Waals surface area contributed by atoms with E-state index in [2.05, 4.69) is 15.1 Å². The third-order valence-corrected chi connectivity index (χ3v) is 8.98. The Morgan fingerprint density at radius 2 is 1.74 bits per heavy atom. The summed E-state index contributed by atoms with van der Waals surface area (Å²) in [6, 6.07) is 12.3. The molecule has 5 heterocycles. The molecule has 0 saturated carbocycles. The Morgan fingerprint density at radius 1 is 0.947 bits per heavy atom. The maximum atomic E-state index is 14.9. The zero-order valence-electron chi connectivity index (χ0n) is 20.5. The molecule has 0 radical (unpaired) electrons. The van der Waals surface area contributed by atoms with Gasteiger partial charge >= 0.3 is 0 Å². The average Bonchev–Trinajstić information content (AvgIpc) is 3.51. The van der Waals surface area contributed by atoms with Gasteiger partial charge in [-0.1, -0.05) is 24.3 Å². The zero-order chi connectivity index (χ0) is 25.9. The maximum absolute atomic E-state index is 14.9. The van der Waals surface area contributed by atoms with Gasteiger partial charge in [-0.15, -0.1) is 10.2 Å². The molecular weight excluding hydrogens is 511 g/mol. The minimum atomic E-state index is -3.94. The third-order valence-electron chi connectivity index (χ3n) is 7.27. The molecule has 0 aliphatic carbocycles. The first-order valence-corrected chi connectivity index (χ1v) is 14.2. The molecule has 38 heavy (non-hydrogen) atoms. The molecule has 0 bridgehead atoms. The summed E-state index contributed by atoms with van der Waals surface area (Å²) in [7, 11) is -3.94. The minimum Gasteiger partial charge on any atom is -0.379 e. The molecule has 196 valence electrons. The Balaban J connectivity index is 1.38. The number of benzene rings is 2. The van der Waals surface area contributed by atoms with Gasteiger partial charge in [-0.3, -0.25) is 4.90 Å². The van der Waals surface area contributed by atoms with Crippen molar-refractivity contribution in [2.75, 3.05) is 32.9 Å². The second kappa shape index (κ2) is 9.09. The number of aromatic nitrogens is 5. The van der Waals surface area contributed by atoms with Crippen LogP contribution < -0.4 is 0 Å². The van der Waals surface area contributed by atoms with E-state index < -0.39 is 15.7 Å². The predicted molar refractivity (Wildman–Crippen MR) is 135 cm³/mol. The molecule has 0 spiro atoms. The van der Waals surface area contributed by atoms with Gasteiger partial charge in [0.25, 0.3) is 0 Å². The van der Waals surface area contributed by atoms with Crippen molar-refractivity contribution in [1.82, 2.24) is 29.4 Å². The van der Waals surface area contributed by atoms with Crippen molar-refractivity contribution in [1.29, 1.82) is 0 Å². The number of fused-ring (bicyclic) bond motifs is 4. The van der Waals surface area contributed by atoms with E-state index in [1.54, 1.807) is 10.7 Å². The summed E-state index contributed by atoms with van der Waals surface area (Å²) in [5.41, 5.74) is 3.66. The summed E-state index contributed by atoms with van der Waals surface area (Å²) in [6.45, 7) is 5.42. The van der Waals surface area contributed by atoms with Gasteiger partial charge in [0.2, 0.25) is 0 Å². The molecule has 0 unspecified atom stereocenters. The molecule has 3 aliphatic heterocycles. The standard InChI is InChI=1S/C26H25FN6O4S/c27-21-3-1-2-19-24-20(16-38(34,35)25(19)21)23(26-29-28-22-15-37-13-10-32(22)26)30-33(24)18-6-4-17(5-7-18)14-31-8-11-36-12-9-31/h1-7H,8-16H2. The van der Waals surface area contributed by atoms with Crippen LogP contribution in [0.1, 0.15) is 17.0 Å². The van der Waals surface area contributed by atoms with Gasteiger partial charge in [-0.2, -0.15) is 5.10 Å². The van der Waals surface area contributed by atoms with Crippen molar-refractivity contribution < 1.29 is 22.3 Å². The van der Waals surface area contributed by atoms with E-state index in [-0.39, 0.29) is 10.6 Å². The van der Waals surface area contributed by atoms with Gasteiger partial charge in [-0.25, -0.2) is 17.5 Å². The Bertz CT molecular complexity index is 1640. The lowest BCUT2D eigenvalue weighted by Crippen LogP contribution is -2.35. The van der Waals surface area contributed by atoms with Crippen molar-refractivity contribution in [3.63, 3.8) is 0 Å². The quantitative estimate of drug-likeness (QED) is 0.392. The summed E-state index contributed by atoms with van der Waals surface area (Å²) < 4.78 is 56.1. The van der Waals surface area contributed by atoms with E-state index in [1.165, 1.54) is 12.1 Å². The molecule has 2 aromatic heterocycles. The van der Waals surface area contributed by atoms with Crippen LogP contribution in [0.25, 0.3) is 28.5 Å². The van der Waals surface area contributed by atoms with Gasteiger partial charge in [0.15, 0.2) is 21.5 Å². The van der Waals surface area contributed by atoms with Crippen LogP contribution in [0.5, 0.6) is 0 Å². The Morgan fingerprint density at radius 3 is 2.55 bits per heavy atom.